The number of rotatable bonds is 5. The fraction of sp³-hybridized carbons (Fsp3) is 0.438. The molecule has 0 aliphatic heterocycles. The van der Waals surface area contributed by atoms with E-state index in [1.807, 2.05) is 30.3 Å². The number of benzene rings is 1. The van der Waals surface area contributed by atoms with Crippen molar-refractivity contribution < 1.29 is 9.22 Å². The Morgan fingerprint density at radius 1 is 1.25 bits per heavy atom. The fourth-order valence-electron chi connectivity index (χ4n) is 1.33. The smallest absolute Gasteiger partial charge is 0.250 e. The lowest BCUT2D eigenvalue weighted by Crippen LogP contribution is -2.43. The molecule has 0 atom stereocenters. The van der Waals surface area contributed by atoms with Crippen LogP contribution in [0.2, 0.25) is 18.1 Å². The molecule has 20 heavy (non-hydrogen) atoms. The van der Waals surface area contributed by atoms with E-state index >= 15 is 0 Å². The van der Waals surface area contributed by atoms with E-state index in [-0.39, 0.29) is 10.8 Å². The fourth-order valence-corrected chi connectivity index (χ4v) is 2.55. The molecule has 0 aliphatic carbocycles. The summed E-state index contributed by atoms with van der Waals surface area (Å²) in [6.07, 6.45) is 3.40. The first-order chi connectivity index (χ1) is 9.15. The molecule has 110 valence electrons. The van der Waals surface area contributed by atoms with Crippen LogP contribution in [0.25, 0.3) is 6.08 Å². The molecule has 0 aromatic heterocycles. The van der Waals surface area contributed by atoms with E-state index in [1.165, 1.54) is 0 Å². The predicted octanol–water partition coefficient (Wildman–Crippen LogP) is 5.05. The van der Waals surface area contributed by atoms with Crippen LogP contribution in [-0.2, 0) is 4.79 Å². The summed E-state index contributed by atoms with van der Waals surface area (Å²) in [5.41, 5.74) is 1.00. The molecular weight excluding hydrogens is 332 g/mol. The summed E-state index contributed by atoms with van der Waals surface area (Å²) in [5, 5.41) is 0.546. The molecule has 1 rings (SSSR count). The Balaban J connectivity index is 2.78. The number of hydrogen-bond acceptors (Lipinski definition) is 2. The number of ketones is 1. The third-order valence-electron chi connectivity index (χ3n) is 3.65. The molecule has 0 radical (unpaired) electrons. The molecule has 0 saturated heterocycles. The number of carbonyl (C=O) groups is 1. The lowest BCUT2D eigenvalue weighted by Gasteiger charge is -2.36. The predicted molar refractivity (Wildman–Crippen MR) is 92.1 cm³/mol. The van der Waals surface area contributed by atoms with Crippen molar-refractivity contribution in [3.8, 4) is 5.75 Å². The quantitative estimate of drug-likeness (QED) is 0.420. The van der Waals surface area contributed by atoms with Crippen molar-refractivity contribution in [2.24, 2.45) is 0 Å². The van der Waals surface area contributed by atoms with E-state index in [9.17, 15) is 4.79 Å². The van der Waals surface area contributed by atoms with Gasteiger partial charge < -0.3 is 4.43 Å². The van der Waals surface area contributed by atoms with Crippen LogP contribution in [0.4, 0.5) is 0 Å². The molecule has 0 N–H and O–H groups in total. The second-order valence-corrected chi connectivity index (χ2v) is 11.7. The van der Waals surface area contributed by atoms with Gasteiger partial charge in [-0.2, -0.15) is 0 Å². The molecule has 0 fully saturated rings. The Bertz CT molecular complexity index is 484. The summed E-state index contributed by atoms with van der Waals surface area (Å²) in [6, 6.07) is 7.89. The van der Waals surface area contributed by atoms with Gasteiger partial charge in [-0.15, -0.1) is 0 Å². The maximum absolute atomic E-state index is 11.2. The van der Waals surface area contributed by atoms with Crippen LogP contribution < -0.4 is 4.43 Å². The van der Waals surface area contributed by atoms with E-state index in [1.54, 1.807) is 6.08 Å². The number of hydrogen-bond donors (Lipinski definition) is 0. The maximum atomic E-state index is 11.2. The first-order valence-electron chi connectivity index (χ1n) is 6.72. The van der Waals surface area contributed by atoms with Crippen molar-refractivity contribution in [3.63, 3.8) is 0 Å². The number of carbonyl (C=O) groups excluding carboxylic acids is 1. The minimum absolute atomic E-state index is 0.0617. The van der Waals surface area contributed by atoms with Crippen LogP contribution >= 0.6 is 15.9 Å². The summed E-state index contributed by atoms with van der Waals surface area (Å²) >= 11 is 3.14. The van der Waals surface area contributed by atoms with E-state index in [2.05, 4.69) is 49.8 Å². The van der Waals surface area contributed by atoms with Gasteiger partial charge in [-0.05, 0) is 41.9 Å². The molecule has 1 aromatic carbocycles. The molecule has 0 bridgehead atoms. The highest BCUT2D eigenvalue weighted by Crippen LogP contribution is 2.37. The van der Waals surface area contributed by atoms with Crippen LogP contribution in [0.5, 0.6) is 5.75 Å². The van der Waals surface area contributed by atoms with E-state index in [0.717, 1.165) is 11.3 Å². The summed E-state index contributed by atoms with van der Waals surface area (Å²) in [6.45, 7) is 11.1. The zero-order valence-corrected chi connectivity index (χ0v) is 15.5. The minimum Gasteiger partial charge on any atom is -0.544 e. The zero-order chi connectivity index (χ0) is 15.4. The molecule has 0 spiro atoms. The van der Waals surface area contributed by atoms with Crippen LogP contribution in [-0.4, -0.2) is 19.4 Å². The SMILES string of the molecule is CC(C)(C)[Si](C)(C)Oc1ccc(/C=C/C(=O)CBr)cc1. The highest BCUT2D eigenvalue weighted by molar-refractivity contribution is 9.09. The molecule has 0 amide bonds. The van der Waals surface area contributed by atoms with Crippen molar-refractivity contribution >= 4 is 36.1 Å². The zero-order valence-electron chi connectivity index (χ0n) is 12.9. The first-order valence-corrected chi connectivity index (χ1v) is 10.7. The second kappa shape index (κ2) is 6.72. The van der Waals surface area contributed by atoms with Crippen LogP contribution in [0.1, 0.15) is 26.3 Å². The molecule has 4 heteroatoms. The van der Waals surface area contributed by atoms with Gasteiger partial charge in [-0.1, -0.05) is 54.9 Å². The molecular formula is C16H23BrO2Si. The molecule has 0 heterocycles. The summed E-state index contributed by atoms with van der Waals surface area (Å²) in [5.74, 6) is 0.965. The summed E-state index contributed by atoms with van der Waals surface area (Å²) in [4.78, 5) is 11.2. The Morgan fingerprint density at radius 3 is 2.25 bits per heavy atom. The van der Waals surface area contributed by atoms with E-state index in [4.69, 9.17) is 4.43 Å². The van der Waals surface area contributed by atoms with Crippen LogP contribution in [0.3, 0.4) is 0 Å². The van der Waals surface area contributed by atoms with Crippen LogP contribution in [0, 0.1) is 0 Å². The Kier molecular flexibility index (Phi) is 5.77. The Morgan fingerprint density at radius 2 is 1.80 bits per heavy atom. The van der Waals surface area contributed by atoms with Crippen LogP contribution in [0.15, 0.2) is 30.3 Å². The average molecular weight is 355 g/mol. The number of alkyl halides is 1. The van der Waals surface area contributed by atoms with Gasteiger partial charge in [0.05, 0.1) is 5.33 Å². The molecule has 0 aliphatic rings. The van der Waals surface area contributed by atoms with E-state index < -0.39 is 8.32 Å². The highest BCUT2D eigenvalue weighted by atomic mass is 79.9. The van der Waals surface area contributed by atoms with Crippen molar-refractivity contribution in [3.05, 3.63) is 35.9 Å². The molecule has 0 saturated carbocycles. The third-order valence-corrected chi connectivity index (χ3v) is 8.56. The van der Waals surface area contributed by atoms with Gasteiger partial charge in [0.1, 0.15) is 5.75 Å². The lowest BCUT2D eigenvalue weighted by atomic mass is 10.2. The van der Waals surface area contributed by atoms with Gasteiger partial charge in [0.2, 0.25) is 8.32 Å². The monoisotopic (exact) mass is 354 g/mol. The van der Waals surface area contributed by atoms with Gasteiger partial charge in [-0.3, -0.25) is 4.79 Å². The normalized spacial score (nSPS) is 12.7. The second-order valence-electron chi connectivity index (χ2n) is 6.36. The summed E-state index contributed by atoms with van der Waals surface area (Å²) in [7, 11) is -1.78. The Hall–Kier alpha value is -0.873. The van der Waals surface area contributed by atoms with Gasteiger partial charge in [0, 0.05) is 0 Å². The van der Waals surface area contributed by atoms with Gasteiger partial charge in [0.15, 0.2) is 5.78 Å². The standard InChI is InChI=1S/C16H23BrO2Si/c1-16(2,3)20(4,5)19-15-10-7-13(8-11-15)6-9-14(18)12-17/h6-11H,12H2,1-5H3/b9-6+. The van der Waals surface area contributed by atoms with Gasteiger partial charge >= 0.3 is 0 Å². The topological polar surface area (TPSA) is 26.3 Å². The molecule has 2 nitrogen and oxygen atoms in total. The van der Waals surface area contributed by atoms with Crippen molar-refractivity contribution in [2.45, 2.75) is 38.9 Å². The lowest BCUT2D eigenvalue weighted by molar-refractivity contribution is -0.112. The van der Waals surface area contributed by atoms with Gasteiger partial charge in [-0.25, -0.2) is 0 Å². The number of halogens is 1. The minimum atomic E-state index is -1.78. The van der Waals surface area contributed by atoms with Crippen molar-refractivity contribution in [1.29, 1.82) is 0 Å². The van der Waals surface area contributed by atoms with Gasteiger partial charge in [0.25, 0.3) is 0 Å². The average Bonchev–Trinajstić information content (AvgIpc) is 2.35. The van der Waals surface area contributed by atoms with Crippen molar-refractivity contribution in [1.82, 2.24) is 0 Å². The molecule has 1 aromatic rings. The maximum Gasteiger partial charge on any atom is 0.250 e. The molecule has 0 unspecified atom stereocenters. The summed E-state index contributed by atoms with van der Waals surface area (Å²) < 4.78 is 6.21. The van der Waals surface area contributed by atoms with Crippen molar-refractivity contribution in [2.75, 3.05) is 5.33 Å². The number of allylic oxidation sites excluding steroid dienone is 1. The van der Waals surface area contributed by atoms with E-state index in [0.29, 0.717) is 5.33 Å². The largest absolute Gasteiger partial charge is 0.544 e. The Labute approximate surface area is 131 Å². The first kappa shape index (κ1) is 17.2. The highest BCUT2D eigenvalue weighted by Gasteiger charge is 2.38. The third kappa shape index (κ3) is 4.91.